The van der Waals surface area contributed by atoms with E-state index in [1.807, 2.05) is 11.8 Å². The van der Waals surface area contributed by atoms with E-state index in [0.717, 1.165) is 61.2 Å². The largest absolute Gasteiger partial charge is 0.340 e. The van der Waals surface area contributed by atoms with Crippen molar-refractivity contribution in [2.45, 2.75) is 45.2 Å². The number of carbonyl (C=O) groups is 1. The molecule has 28 heavy (non-hydrogen) atoms. The first kappa shape index (κ1) is 19.9. The van der Waals surface area contributed by atoms with Crippen LogP contribution < -0.4 is 0 Å². The number of hydrogen-bond acceptors (Lipinski definition) is 5. The molecule has 150 valence electrons. The van der Waals surface area contributed by atoms with Crippen molar-refractivity contribution in [3.63, 3.8) is 0 Å². The Morgan fingerprint density at radius 2 is 1.93 bits per heavy atom. The molecular weight excluding hydrogens is 386 g/mol. The molecule has 2 fully saturated rings. The zero-order chi connectivity index (χ0) is 19.5. The standard InChI is InChI=1S/C22H29N3OS2/c1-16(2)17-5-7-18(8-6-17)21-23-19(15-28-21)14-25-9-3-4-20(25)22(26)24-10-12-27-13-11-24/h5-8,15-16,20H,3-4,9-14H2,1-2H3. The van der Waals surface area contributed by atoms with E-state index in [4.69, 9.17) is 4.98 Å². The number of benzene rings is 1. The topological polar surface area (TPSA) is 36.4 Å². The lowest BCUT2D eigenvalue weighted by Crippen LogP contribution is -2.48. The highest BCUT2D eigenvalue weighted by Crippen LogP contribution is 2.28. The normalized spacial score (nSPS) is 20.8. The number of rotatable bonds is 5. The Bertz CT molecular complexity index is 796. The predicted molar refractivity (Wildman–Crippen MR) is 119 cm³/mol. The molecule has 2 aromatic rings. The summed E-state index contributed by atoms with van der Waals surface area (Å²) in [5, 5.41) is 3.23. The molecule has 0 saturated carbocycles. The van der Waals surface area contributed by atoms with E-state index in [2.05, 4.69) is 53.3 Å². The van der Waals surface area contributed by atoms with Gasteiger partial charge in [-0.2, -0.15) is 11.8 Å². The number of thioether (sulfide) groups is 1. The zero-order valence-corrected chi connectivity index (χ0v) is 18.4. The Morgan fingerprint density at radius 1 is 1.18 bits per heavy atom. The molecule has 1 aromatic carbocycles. The van der Waals surface area contributed by atoms with Gasteiger partial charge in [0.2, 0.25) is 5.91 Å². The Labute approximate surface area is 176 Å². The predicted octanol–water partition coefficient (Wildman–Crippen LogP) is 4.47. The second kappa shape index (κ2) is 8.97. The number of amides is 1. The molecule has 1 atom stereocenters. The van der Waals surface area contributed by atoms with Gasteiger partial charge in [0.05, 0.1) is 11.7 Å². The molecule has 0 spiro atoms. The molecule has 6 heteroatoms. The zero-order valence-electron chi connectivity index (χ0n) is 16.8. The third-order valence-electron chi connectivity index (χ3n) is 5.71. The summed E-state index contributed by atoms with van der Waals surface area (Å²) in [6, 6.07) is 8.79. The fourth-order valence-electron chi connectivity index (χ4n) is 4.02. The van der Waals surface area contributed by atoms with Crippen LogP contribution in [0.25, 0.3) is 10.6 Å². The maximum Gasteiger partial charge on any atom is 0.239 e. The molecule has 0 radical (unpaired) electrons. The molecule has 3 heterocycles. The van der Waals surface area contributed by atoms with Crippen molar-refractivity contribution in [3.05, 3.63) is 40.9 Å². The summed E-state index contributed by atoms with van der Waals surface area (Å²) < 4.78 is 0. The van der Waals surface area contributed by atoms with Gasteiger partial charge in [0.25, 0.3) is 0 Å². The van der Waals surface area contributed by atoms with Crippen molar-refractivity contribution >= 4 is 29.0 Å². The van der Waals surface area contributed by atoms with Gasteiger partial charge in [0.1, 0.15) is 5.01 Å². The highest BCUT2D eigenvalue weighted by molar-refractivity contribution is 7.99. The summed E-state index contributed by atoms with van der Waals surface area (Å²) in [4.78, 5) is 22.3. The summed E-state index contributed by atoms with van der Waals surface area (Å²) >= 11 is 3.65. The molecule has 1 aromatic heterocycles. The van der Waals surface area contributed by atoms with E-state index in [1.165, 1.54) is 11.1 Å². The molecule has 2 saturated heterocycles. The van der Waals surface area contributed by atoms with Crippen molar-refractivity contribution in [3.8, 4) is 10.6 Å². The van der Waals surface area contributed by atoms with Crippen LogP contribution in [0.3, 0.4) is 0 Å². The quantitative estimate of drug-likeness (QED) is 0.722. The molecule has 2 aliphatic heterocycles. The lowest BCUT2D eigenvalue weighted by Gasteiger charge is -2.32. The van der Waals surface area contributed by atoms with Gasteiger partial charge < -0.3 is 4.90 Å². The van der Waals surface area contributed by atoms with Crippen LogP contribution >= 0.6 is 23.1 Å². The van der Waals surface area contributed by atoms with E-state index in [9.17, 15) is 4.79 Å². The lowest BCUT2D eigenvalue weighted by atomic mass is 10.0. The monoisotopic (exact) mass is 415 g/mol. The van der Waals surface area contributed by atoms with Crippen LogP contribution in [-0.4, -0.2) is 57.9 Å². The first-order valence-corrected chi connectivity index (χ1v) is 12.3. The van der Waals surface area contributed by atoms with Crippen molar-refractivity contribution in [1.82, 2.24) is 14.8 Å². The van der Waals surface area contributed by atoms with Crippen LogP contribution in [0.15, 0.2) is 29.6 Å². The number of thiazole rings is 1. The van der Waals surface area contributed by atoms with E-state index >= 15 is 0 Å². The van der Waals surface area contributed by atoms with Crippen LogP contribution in [0.4, 0.5) is 0 Å². The average molecular weight is 416 g/mol. The molecular formula is C22H29N3OS2. The second-order valence-corrected chi connectivity index (χ2v) is 10.1. The van der Waals surface area contributed by atoms with Crippen LogP contribution in [0.5, 0.6) is 0 Å². The van der Waals surface area contributed by atoms with Crippen LogP contribution in [0.2, 0.25) is 0 Å². The van der Waals surface area contributed by atoms with Crippen molar-refractivity contribution < 1.29 is 4.79 Å². The number of hydrogen-bond donors (Lipinski definition) is 0. The van der Waals surface area contributed by atoms with E-state index in [0.29, 0.717) is 11.8 Å². The van der Waals surface area contributed by atoms with E-state index < -0.39 is 0 Å². The fraction of sp³-hybridized carbons (Fsp3) is 0.545. The van der Waals surface area contributed by atoms with Crippen LogP contribution in [-0.2, 0) is 11.3 Å². The third-order valence-corrected chi connectivity index (χ3v) is 7.60. The number of nitrogens with zero attached hydrogens (tertiary/aromatic N) is 3. The van der Waals surface area contributed by atoms with Crippen LogP contribution in [0, 0.1) is 0 Å². The average Bonchev–Trinajstić information content (AvgIpc) is 3.38. The Hall–Kier alpha value is -1.37. The summed E-state index contributed by atoms with van der Waals surface area (Å²) in [5.41, 5.74) is 3.62. The van der Waals surface area contributed by atoms with Crippen molar-refractivity contribution in [1.29, 1.82) is 0 Å². The first-order chi connectivity index (χ1) is 13.6. The van der Waals surface area contributed by atoms with Gasteiger partial charge in [-0.05, 0) is 30.9 Å². The third kappa shape index (κ3) is 4.44. The minimum absolute atomic E-state index is 0.0403. The summed E-state index contributed by atoms with van der Waals surface area (Å²) in [5.74, 6) is 3.02. The first-order valence-electron chi connectivity index (χ1n) is 10.3. The smallest absolute Gasteiger partial charge is 0.239 e. The maximum atomic E-state index is 13.0. The molecule has 4 rings (SSSR count). The fourth-order valence-corrected chi connectivity index (χ4v) is 5.74. The van der Waals surface area contributed by atoms with E-state index in [-0.39, 0.29) is 6.04 Å². The molecule has 1 amide bonds. The van der Waals surface area contributed by atoms with Gasteiger partial charge in [-0.1, -0.05) is 38.1 Å². The van der Waals surface area contributed by atoms with Gasteiger partial charge >= 0.3 is 0 Å². The number of carbonyl (C=O) groups excluding carboxylic acids is 1. The Kier molecular flexibility index (Phi) is 6.38. The molecule has 0 bridgehead atoms. The molecule has 0 N–H and O–H groups in total. The maximum absolute atomic E-state index is 13.0. The lowest BCUT2D eigenvalue weighted by molar-refractivity contribution is -0.135. The molecule has 4 nitrogen and oxygen atoms in total. The van der Waals surface area contributed by atoms with Gasteiger partial charge in [0.15, 0.2) is 0 Å². The molecule has 2 aliphatic rings. The minimum atomic E-state index is 0.0403. The summed E-state index contributed by atoms with van der Waals surface area (Å²) in [7, 11) is 0. The highest BCUT2D eigenvalue weighted by Gasteiger charge is 2.34. The number of likely N-dealkylation sites (tertiary alicyclic amines) is 1. The highest BCUT2D eigenvalue weighted by atomic mass is 32.2. The number of aromatic nitrogens is 1. The van der Waals surface area contributed by atoms with Gasteiger partial charge in [-0.3, -0.25) is 9.69 Å². The van der Waals surface area contributed by atoms with Crippen molar-refractivity contribution in [2.24, 2.45) is 0 Å². The van der Waals surface area contributed by atoms with Gasteiger partial charge in [-0.25, -0.2) is 4.98 Å². The summed E-state index contributed by atoms with van der Waals surface area (Å²) in [6.07, 6.45) is 2.09. The molecule has 1 unspecified atom stereocenters. The molecule has 0 aliphatic carbocycles. The Morgan fingerprint density at radius 3 is 2.64 bits per heavy atom. The SMILES string of the molecule is CC(C)c1ccc(-c2nc(CN3CCCC3C(=O)N3CCSCC3)cs2)cc1. The summed E-state index contributed by atoms with van der Waals surface area (Å²) in [6.45, 7) is 8.01. The van der Waals surface area contributed by atoms with E-state index in [1.54, 1.807) is 11.3 Å². The minimum Gasteiger partial charge on any atom is -0.340 e. The second-order valence-electron chi connectivity index (χ2n) is 7.99. The van der Waals surface area contributed by atoms with Gasteiger partial charge in [0, 0.05) is 42.1 Å². The Balaban J connectivity index is 1.42. The van der Waals surface area contributed by atoms with Gasteiger partial charge in [-0.15, -0.1) is 11.3 Å². The van der Waals surface area contributed by atoms with Crippen molar-refractivity contribution in [2.75, 3.05) is 31.1 Å². The van der Waals surface area contributed by atoms with Crippen LogP contribution in [0.1, 0.15) is 43.9 Å².